The number of nitrogens with one attached hydrogen (secondary N) is 2. The Morgan fingerprint density at radius 1 is 1.29 bits per heavy atom. The SMILES string of the molecule is CC(NC(=O)Cn1ccnc1)c1ncc(-c2ccc(Cl)c(Cl)c2)[nH]1.O=C(O)C(F)(F)F. The number of imidazole rings is 2. The number of H-pyrrole nitrogens is 1. The van der Waals surface area contributed by atoms with E-state index in [1.54, 1.807) is 41.6 Å². The fourth-order valence-corrected chi connectivity index (χ4v) is 2.57. The van der Waals surface area contributed by atoms with E-state index in [1.807, 2.05) is 13.0 Å². The highest BCUT2D eigenvalue weighted by Gasteiger charge is 2.38. The summed E-state index contributed by atoms with van der Waals surface area (Å²) in [6, 6.07) is 5.10. The number of amides is 1. The van der Waals surface area contributed by atoms with Crippen molar-refractivity contribution >= 4 is 35.1 Å². The van der Waals surface area contributed by atoms with Crippen LogP contribution in [0, 0.1) is 0 Å². The first kappa shape index (κ1) is 24.2. The lowest BCUT2D eigenvalue weighted by Crippen LogP contribution is -2.30. The van der Waals surface area contributed by atoms with Crippen molar-refractivity contribution in [1.82, 2.24) is 24.8 Å². The molecule has 1 aromatic carbocycles. The number of carbonyl (C=O) groups excluding carboxylic acids is 1. The number of carboxylic acids is 1. The lowest BCUT2D eigenvalue weighted by atomic mass is 10.2. The first-order chi connectivity index (χ1) is 14.5. The zero-order valence-corrected chi connectivity index (χ0v) is 17.3. The molecule has 2 aromatic heterocycles. The van der Waals surface area contributed by atoms with Gasteiger partial charge in [-0.1, -0.05) is 29.3 Å². The highest BCUT2D eigenvalue weighted by Crippen LogP contribution is 2.28. The molecule has 1 amide bonds. The van der Waals surface area contributed by atoms with Gasteiger partial charge in [0.2, 0.25) is 5.91 Å². The molecule has 0 saturated heterocycles. The van der Waals surface area contributed by atoms with Crippen molar-refractivity contribution in [2.45, 2.75) is 25.7 Å². The second kappa shape index (κ2) is 10.3. The molecule has 8 nitrogen and oxygen atoms in total. The number of hydrogen-bond donors (Lipinski definition) is 3. The molecule has 0 aliphatic rings. The van der Waals surface area contributed by atoms with Gasteiger partial charge in [0, 0.05) is 18.0 Å². The van der Waals surface area contributed by atoms with E-state index in [4.69, 9.17) is 33.1 Å². The maximum Gasteiger partial charge on any atom is 0.490 e. The van der Waals surface area contributed by atoms with Gasteiger partial charge in [-0.2, -0.15) is 13.2 Å². The fraction of sp³-hybridized carbons (Fsp3) is 0.222. The third-order valence-electron chi connectivity index (χ3n) is 3.74. The van der Waals surface area contributed by atoms with Gasteiger partial charge in [0.05, 0.1) is 34.3 Å². The Bertz CT molecular complexity index is 1040. The van der Waals surface area contributed by atoms with E-state index >= 15 is 0 Å². The molecule has 0 aliphatic heterocycles. The highest BCUT2D eigenvalue weighted by molar-refractivity contribution is 6.42. The Morgan fingerprint density at radius 2 is 1.97 bits per heavy atom. The van der Waals surface area contributed by atoms with Crippen LogP contribution >= 0.6 is 23.2 Å². The van der Waals surface area contributed by atoms with Crippen molar-refractivity contribution in [3.63, 3.8) is 0 Å². The summed E-state index contributed by atoms with van der Waals surface area (Å²) in [4.78, 5) is 32.3. The first-order valence-corrected chi connectivity index (χ1v) is 9.28. The van der Waals surface area contributed by atoms with Crippen molar-refractivity contribution in [2.75, 3.05) is 0 Å². The van der Waals surface area contributed by atoms with Crippen LogP contribution in [-0.2, 0) is 16.1 Å². The second-order valence-electron chi connectivity index (χ2n) is 6.14. The molecule has 0 saturated carbocycles. The molecule has 3 rings (SSSR count). The molecular weight excluding hydrogens is 462 g/mol. The summed E-state index contributed by atoms with van der Waals surface area (Å²) in [6.45, 7) is 2.08. The van der Waals surface area contributed by atoms with Crippen LogP contribution in [0.3, 0.4) is 0 Å². The predicted molar refractivity (Wildman–Crippen MR) is 107 cm³/mol. The van der Waals surface area contributed by atoms with Crippen LogP contribution in [0.5, 0.6) is 0 Å². The van der Waals surface area contributed by atoms with Crippen LogP contribution in [-0.4, -0.2) is 42.7 Å². The minimum absolute atomic E-state index is 0.118. The number of nitrogens with zero attached hydrogens (tertiary/aromatic N) is 3. The molecule has 0 bridgehead atoms. The van der Waals surface area contributed by atoms with Gasteiger partial charge in [-0.05, 0) is 19.1 Å². The zero-order chi connectivity index (χ0) is 23.2. The standard InChI is InChI=1S/C16H15Cl2N5O.C2HF3O2/c1-10(21-15(24)8-23-5-4-19-9-23)16-20-7-14(22-16)11-2-3-12(17)13(18)6-11;3-2(4,5)1(6)7/h2-7,9-10H,8H2,1H3,(H,20,22)(H,21,24);(H,6,7). The first-order valence-electron chi connectivity index (χ1n) is 8.53. The molecule has 31 heavy (non-hydrogen) atoms. The van der Waals surface area contributed by atoms with Crippen LogP contribution in [0.2, 0.25) is 10.0 Å². The topological polar surface area (TPSA) is 113 Å². The summed E-state index contributed by atoms with van der Waals surface area (Å²) in [5.74, 6) is -2.21. The molecule has 0 fully saturated rings. The maximum absolute atomic E-state index is 12.0. The predicted octanol–water partition coefficient (Wildman–Crippen LogP) is 4.09. The van der Waals surface area contributed by atoms with E-state index in [9.17, 15) is 18.0 Å². The monoisotopic (exact) mass is 477 g/mol. The Balaban J connectivity index is 0.000000423. The number of aromatic nitrogens is 4. The number of carbonyl (C=O) groups is 2. The van der Waals surface area contributed by atoms with E-state index in [2.05, 4.69) is 20.3 Å². The molecule has 3 N–H and O–H groups in total. The van der Waals surface area contributed by atoms with Crippen molar-refractivity contribution in [2.24, 2.45) is 0 Å². The van der Waals surface area contributed by atoms with Crippen molar-refractivity contribution < 1.29 is 27.9 Å². The summed E-state index contributed by atoms with van der Waals surface area (Å²) in [5.41, 5.74) is 1.68. The zero-order valence-electron chi connectivity index (χ0n) is 15.8. The van der Waals surface area contributed by atoms with Gasteiger partial charge in [0.25, 0.3) is 0 Å². The van der Waals surface area contributed by atoms with Gasteiger partial charge in [0.15, 0.2) is 0 Å². The molecule has 166 valence electrons. The van der Waals surface area contributed by atoms with Crippen LogP contribution in [0.15, 0.2) is 43.1 Å². The van der Waals surface area contributed by atoms with Crippen LogP contribution in [0.1, 0.15) is 18.8 Å². The smallest absolute Gasteiger partial charge is 0.475 e. The number of rotatable bonds is 5. The molecule has 0 spiro atoms. The lowest BCUT2D eigenvalue weighted by molar-refractivity contribution is -0.192. The minimum atomic E-state index is -5.08. The average Bonchev–Trinajstić information content (AvgIpc) is 3.35. The number of carboxylic acid groups (broad SMARTS) is 1. The molecule has 3 aromatic rings. The third-order valence-corrected chi connectivity index (χ3v) is 4.48. The Morgan fingerprint density at radius 3 is 2.52 bits per heavy atom. The Kier molecular flexibility index (Phi) is 8.06. The van der Waals surface area contributed by atoms with Crippen LogP contribution in [0.25, 0.3) is 11.3 Å². The number of alkyl halides is 3. The van der Waals surface area contributed by atoms with Gasteiger partial charge in [0.1, 0.15) is 12.4 Å². The molecule has 13 heteroatoms. The van der Waals surface area contributed by atoms with Gasteiger partial charge >= 0.3 is 12.1 Å². The van der Waals surface area contributed by atoms with E-state index in [0.717, 1.165) is 11.3 Å². The molecule has 2 heterocycles. The van der Waals surface area contributed by atoms with Crippen LogP contribution in [0.4, 0.5) is 13.2 Å². The average molecular weight is 478 g/mol. The number of benzene rings is 1. The molecule has 1 atom stereocenters. The summed E-state index contributed by atoms with van der Waals surface area (Å²) >= 11 is 12.0. The van der Waals surface area contributed by atoms with Crippen molar-refractivity contribution in [3.05, 3.63) is 59.0 Å². The van der Waals surface area contributed by atoms with Gasteiger partial charge in [-0.15, -0.1) is 0 Å². The summed E-state index contributed by atoms with van der Waals surface area (Å²) in [7, 11) is 0. The largest absolute Gasteiger partial charge is 0.490 e. The van der Waals surface area contributed by atoms with E-state index in [1.165, 1.54) is 0 Å². The van der Waals surface area contributed by atoms with Gasteiger partial charge in [-0.3, -0.25) is 4.79 Å². The number of hydrogen-bond acceptors (Lipinski definition) is 4. The quantitative estimate of drug-likeness (QED) is 0.512. The van der Waals surface area contributed by atoms with Gasteiger partial charge in [-0.25, -0.2) is 14.8 Å². The molecule has 0 aliphatic carbocycles. The van der Waals surface area contributed by atoms with Crippen molar-refractivity contribution in [1.29, 1.82) is 0 Å². The lowest BCUT2D eigenvalue weighted by Gasteiger charge is -2.11. The minimum Gasteiger partial charge on any atom is -0.475 e. The Hall–Kier alpha value is -3.05. The normalized spacial score (nSPS) is 11.9. The van der Waals surface area contributed by atoms with Gasteiger partial charge < -0.3 is 20.0 Å². The van der Waals surface area contributed by atoms with E-state index in [-0.39, 0.29) is 18.5 Å². The van der Waals surface area contributed by atoms with Crippen molar-refractivity contribution in [3.8, 4) is 11.3 Å². The number of aliphatic carboxylic acids is 1. The molecule has 0 radical (unpaired) electrons. The number of halogens is 5. The summed E-state index contributed by atoms with van der Waals surface area (Å²) in [5, 5.41) is 11.0. The third kappa shape index (κ3) is 7.30. The summed E-state index contributed by atoms with van der Waals surface area (Å²) < 4.78 is 33.4. The Labute approximate surface area is 184 Å². The number of aromatic amines is 1. The van der Waals surface area contributed by atoms with E-state index < -0.39 is 12.1 Å². The molecule has 1 unspecified atom stereocenters. The summed E-state index contributed by atoms with van der Waals surface area (Å²) in [6.07, 6.45) is 1.58. The molecular formula is C18H16Cl2F3N5O3. The van der Waals surface area contributed by atoms with E-state index in [0.29, 0.717) is 15.9 Å². The highest BCUT2D eigenvalue weighted by atomic mass is 35.5. The maximum atomic E-state index is 12.0. The van der Waals surface area contributed by atoms with Crippen LogP contribution < -0.4 is 5.32 Å². The second-order valence-corrected chi connectivity index (χ2v) is 6.95. The fourth-order valence-electron chi connectivity index (χ4n) is 2.27.